The minimum atomic E-state index is 0.261. The highest BCUT2D eigenvalue weighted by atomic mass is 16.2. The number of rotatable bonds is 3. The molecule has 1 heterocycles. The Balaban J connectivity index is 2.00. The van der Waals surface area contributed by atoms with Crippen LogP contribution in [0, 0.1) is 13.8 Å². The number of carbonyl (C=O) groups excluding carboxylic acids is 1. The third-order valence-corrected chi connectivity index (χ3v) is 3.86. The van der Waals surface area contributed by atoms with Crippen molar-refractivity contribution in [2.45, 2.75) is 45.7 Å². The van der Waals surface area contributed by atoms with Crippen molar-refractivity contribution in [2.24, 2.45) is 0 Å². The Bertz CT molecular complexity index is 450. The molecule has 0 aromatic heterocycles. The highest BCUT2D eigenvalue weighted by Gasteiger charge is 2.23. The molecule has 3 nitrogen and oxygen atoms in total. The van der Waals surface area contributed by atoms with Crippen molar-refractivity contribution in [3.63, 3.8) is 0 Å². The maximum atomic E-state index is 11.5. The van der Waals surface area contributed by atoms with Crippen molar-refractivity contribution < 1.29 is 4.79 Å². The van der Waals surface area contributed by atoms with Gasteiger partial charge in [-0.2, -0.15) is 0 Å². The first-order chi connectivity index (χ1) is 8.95. The maximum absolute atomic E-state index is 11.5. The van der Waals surface area contributed by atoms with Crippen LogP contribution in [-0.4, -0.2) is 30.4 Å². The van der Waals surface area contributed by atoms with Gasteiger partial charge in [0.15, 0.2) is 0 Å². The van der Waals surface area contributed by atoms with Crippen LogP contribution in [0.1, 0.15) is 42.5 Å². The van der Waals surface area contributed by atoms with Crippen LogP contribution < -0.4 is 5.32 Å². The minimum absolute atomic E-state index is 0.261. The molecule has 1 aromatic carbocycles. The summed E-state index contributed by atoms with van der Waals surface area (Å²) < 4.78 is 0. The molecule has 19 heavy (non-hydrogen) atoms. The van der Waals surface area contributed by atoms with Crippen molar-refractivity contribution >= 4 is 5.91 Å². The summed E-state index contributed by atoms with van der Waals surface area (Å²) >= 11 is 0. The lowest BCUT2D eigenvalue weighted by molar-refractivity contribution is -0.132. The molecule has 104 valence electrons. The van der Waals surface area contributed by atoms with Crippen molar-refractivity contribution in [1.29, 1.82) is 0 Å². The molecular weight excluding hydrogens is 236 g/mol. The molecule has 1 saturated heterocycles. The first kappa shape index (κ1) is 14.1. The van der Waals surface area contributed by atoms with Crippen LogP contribution in [0.2, 0.25) is 0 Å². The molecule has 1 amide bonds. The summed E-state index contributed by atoms with van der Waals surface area (Å²) in [6.07, 6.45) is 1.60. The van der Waals surface area contributed by atoms with E-state index in [9.17, 15) is 4.79 Å². The molecule has 1 aromatic rings. The lowest BCUT2D eigenvalue weighted by Crippen LogP contribution is -2.47. The molecule has 0 saturated carbocycles. The number of nitrogens with zero attached hydrogens (tertiary/aromatic N) is 1. The summed E-state index contributed by atoms with van der Waals surface area (Å²) in [5.74, 6) is 0.261. The zero-order valence-corrected chi connectivity index (χ0v) is 12.4. The van der Waals surface area contributed by atoms with Gasteiger partial charge in [0.25, 0.3) is 0 Å². The number of piperidine rings is 1. The molecule has 0 bridgehead atoms. The molecule has 1 aliphatic rings. The first-order valence-electron chi connectivity index (χ1n) is 7.04. The summed E-state index contributed by atoms with van der Waals surface area (Å²) in [6, 6.07) is 7.40. The Morgan fingerprint density at radius 2 is 1.89 bits per heavy atom. The predicted molar refractivity (Wildman–Crippen MR) is 78.1 cm³/mol. The van der Waals surface area contributed by atoms with E-state index in [4.69, 9.17) is 0 Å². The zero-order valence-electron chi connectivity index (χ0n) is 12.4. The van der Waals surface area contributed by atoms with Crippen LogP contribution in [0.4, 0.5) is 0 Å². The number of benzene rings is 1. The molecular formula is C16H24N2O. The van der Waals surface area contributed by atoms with Gasteiger partial charge in [-0.3, -0.25) is 4.79 Å². The average Bonchev–Trinajstić information content (AvgIpc) is 2.32. The van der Waals surface area contributed by atoms with Gasteiger partial charge >= 0.3 is 0 Å². The lowest BCUT2D eigenvalue weighted by Gasteiger charge is -2.32. The van der Waals surface area contributed by atoms with Gasteiger partial charge in [0.1, 0.15) is 0 Å². The second-order valence-electron chi connectivity index (χ2n) is 5.82. The van der Waals surface area contributed by atoms with Crippen molar-refractivity contribution in [2.75, 3.05) is 13.6 Å². The van der Waals surface area contributed by atoms with Gasteiger partial charge in [0.05, 0.1) is 0 Å². The third kappa shape index (κ3) is 3.57. The van der Waals surface area contributed by atoms with E-state index in [1.807, 2.05) is 11.9 Å². The summed E-state index contributed by atoms with van der Waals surface area (Å²) in [5, 5.41) is 3.65. The molecule has 0 spiro atoms. The number of likely N-dealkylation sites (tertiary alicyclic amines) is 1. The Labute approximate surface area is 116 Å². The molecule has 3 heteroatoms. The smallest absolute Gasteiger partial charge is 0.222 e. The summed E-state index contributed by atoms with van der Waals surface area (Å²) in [7, 11) is 1.89. The van der Waals surface area contributed by atoms with Gasteiger partial charge in [0.2, 0.25) is 5.91 Å². The summed E-state index contributed by atoms with van der Waals surface area (Å²) in [5.41, 5.74) is 3.94. The Kier molecular flexibility index (Phi) is 4.25. The topological polar surface area (TPSA) is 32.3 Å². The molecule has 0 aliphatic carbocycles. The van der Waals surface area contributed by atoms with Gasteiger partial charge < -0.3 is 10.2 Å². The molecule has 2 unspecified atom stereocenters. The van der Waals surface area contributed by atoms with E-state index in [0.29, 0.717) is 18.5 Å². The number of aryl methyl sites for hydroxylation is 2. The summed E-state index contributed by atoms with van der Waals surface area (Å²) in [4.78, 5) is 13.3. The Hall–Kier alpha value is -1.35. The van der Waals surface area contributed by atoms with Crippen LogP contribution in [0.25, 0.3) is 0 Å². The normalized spacial score (nSPS) is 21.6. The van der Waals surface area contributed by atoms with E-state index in [1.54, 1.807) is 0 Å². The van der Waals surface area contributed by atoms with Crippen molar-refractivity contribution in [1.82, 2.24) is 10.2 Å². The number of carbonyl (C=O) groups is 1. The number of nitrogens with one attached hydrogen (secondary N) is 1. The second-order valence-corrected chi connectivity index (χ2v) is 5.82. The fraction of sp³-hybridized carbons (Fsp3) is 0.562. The van der Waals surface area contributed by atoms with E-state index in [1.165, 1.54) is 16.7 Å². The van der Waals surface area contributed by atoms with Crippen LogP contribution in [0.15, 0.2) is 18.2 Å². The number of amides is 1. The van der Waals surface area contributed by atoms with E-state index >= 15 is 0 Å². The number of hydrogen-bond donors (Lipinski definition) is 1. The standard InChI is InChI=1S/C16H24N2O/c1-11-7-12(2)9-14(8-11)13(3)17-15-5-6-16(19)18(4)10-15/h7-9,13,15,17H,5-6,10H2,1-4H3. The van der Waals surface area contributed by atoms with Crippen molar-refractivity contribution in [3.8, 4) is 0 Å². The predicted octanol–water partition coefficient (Wildman–Crippen LogP) is 2.57. The molecule has 1 aliphatic heterocycles. The molecule has 0 radical (unpaired) electrons. The fourth-order valence-electron chi connectivity index (χ4n) is 2.86. The molecule has 1 fully saturated rings. The monoisotopic (exact) mass is 260 g/mol. The van der Waals surface area contributed by atoms with Crippen LogP contribution in [0.3, 0.4) is 0 Å². The first-order valence-corrected chi connectivity index (χ1v) is 7.04. The van der Waals surface area contributed by atoms with Gasteiger partial charge in [-0.15, -0.1) is 0 Å². The third-order valence-electron chi connectivity index (χ3n) is 3.86. The second kappa shape index (κ2) is 5.74. The summed E-state index contributed by atoms with van der Waals surface area (Å²) in [6.45, 7) is 7.28. The zero-order chi connectivity index (χ0) is 14.0. The highest BCUT2D eigenvalue weighted by Crippen LogP contribution is 2.19. The number of likely N-dealkylation sites (N-methyl/N-ethyl adjacent to an activating group) is 1. The molecule has 2 atom stereocenters. The van der Waals surface area contributed by atoms with Crippen LogP contribution >= 0.6 is 0 Å². The fourth-order valence-corrected chi connectivity index (χ4v) is 2.86. The van der Waals surface area contributed by atoms with Crippen molar-refractivity contribution in [3.05, 3.63) is 34.9 Å². The molecule has 1 N–H and O–H groups in total. The number of hydrogen-bond acceptors (Lipinski definition) is 2. The Morgan fingerprint density at radius 1 is 1.26 bits per heavy atom. The van der Waals surface area contributed by atoms with E-state index in [-0.39, 0.29) is 5.91 Å². The molecule has 2 rings (SSSR count). The van der Waals surface area contributed by atoms with Gasteiger partial charge in [0, 0.05) is 32.1 Å². The quantitative estimate of drug-likeness (QED) is 0.906. The SMILES string of the molecule is Cc1cc(C)cc(C(C)NC2CCC(=O)N(C)C2)c1. The lowest BCUT2D eigenvalue weighted by atomic mass is 9.99. The maximum Gasteiger partial charge on any atom is 0.222 e. The largest absolute Gasteiger partial charge is 0.344 e. The van der Waals surface area contributed by atoms with E-state index < -0.39 is 0 Å². The highest BCUT2D eigenvalue weighted by molar-refractivity contribution is 5.76. The van der Waals surface area contributed by atoms with E-state index in [0.717, 1.165) is 13.0 Å². The average molecular weight is 260 g/mol. The van der Waals surface area contributed by atoms with Gasteiger partial charge in [-0.25, -0.2) is 0 Å². The minimum Gasteiger partial charge on any atom is -0.344 e. The van der Waals surface area contributed by atoms with Crippen LogP contribution in [-0.2, 0) is 4.79 Å². The Morgan fingerprint density at radius 3 is 2.47 bits per heavy atom. The van der Waals surface area contributed by atoms with Gasteiger partial charge in [-0.05, 0) is 32.8 Å². The van der Waals surface area contributed by atoms with Gasteiger partial charge in [-0.1, -0.05) is 29.3 Å². The van der Waals surface area contributed by atoms with Crippen LogP contribution in [0.5, 0.6) is 0 Å². The van der Waals surface area contributed by atoms with E-state index in [2.05, 4.69) is 44.3 Å².